The number of carbonyl (C=O) groups is 1. The van der Waals surface area contributed by atoms with E-state index in [-0.39, 0.29) is 11.9 Å². The van der Waals surface area contributed by atoms with E-state index in [1.165, 1.54) is 11.1 Å². The molecule has 0 N–H and O–H groups in total. The average molecular weight is 425 g/mol. The molecule has 0 unspecified atom stereocenters. The van der Waals surface area contributed by atoms with Crippen LogP contribution in [-0.4, -0.2) is 45.5 Å². The Balaban J connectivity index is 1.35. The van der Waals surface area contributed by atoms with Gasteiger partial charge in [0.05, 0.1) is 0 Å². The van der Waals surface area contributed by atoms with E-state index in [1.54, 1.807) is 0 Å². The molecule has 0 spiro atoms. The lowest BCUT2D eigenvalue weighted by atomic mass is 9.96. The van der Waals surface area contributed by atoms with Crippen LogP contribution in [0.25, 0.3) is 0 Å². The van der Waals surface area contributed by atoms with Gasteiger partial charge in [-0.05, 0) is 63.6 Å². The molecule has 2 aliphatic rings. The van der Waals surface area contributed by atoms with Gasteiger partial charge in [-0.1, -0.05) is 43.7 Å². The van der Waals surface area contributed by atoms with E-state index in [0.717, 1.165) is 64.2 Å². The average Bonchev–Trinajstić information content (AvgIpc) is 3.25. The Morgan fingerprint density at radius 2 is 1.74 bits per heavy atom. The first-order valence-electron chi connectivity index (χ1n) is 11.9. The second kappa shape index (κ2) is 9.94. The van der Waals surface area contributed by atoms with E-state index in [2.05, 4.69) is 60.1 Å². The minimum atomic E-state index is -0.0529. The summed E-state index contributed by atoms with van der Waals surface area (Å²) < 4.78 is 6.18. The third kappa shape index (κ3) is 5.53. The van der Waals surface area contributed by atoms with Gasteiger partial charge in [0, 0.05) is 25.4 Å². The van der Waals surface area contributed by atoms with Crippen LogP contribution in [0.15, 0.2) is 28.7 Å². The number of hydrogen-bond acceptors (Lipinski definition) is 5. The lowest BCUT2D eigenvalue weighted by Crippen LogP contribution is -2.39. The van der Waals surface area contributed by atoms with Crippen LogP contribution in [0.4, 0.5) is 0 Å². The molecule has 0 saturated carbocycles. The number of rotatable bonds is 6. The van der Waals surface area contributed by atoms with E-state index < -0.39 is 0 Å². The maximum atomic E-state index is 12.7. The van der Waals surface area contributed by atoms with Gasteiger partial charge in [0.25, 0.3) is 0 Å². The summed E-state index contributed by atoms with van der Waals surface area (Å²) in [6.45, 7) is 10.2. The van der Waals surface area contributed by atoms with Crippen molar-refractivity contribution in [1.29, 1.82) is 0 Å². The Kier molecular flexibility index (Phi) is 7.06. The molecule has 3 heterocycles. The number of aromatic nitrogens is 2. The highest BCUT2D eigenvalue weighted by Crippen LogP contribution is 2.34. The fourth-order valence-corrected chi connectivity index (χ4v) is 4.79. The standard InChI is InChI=1S/C25H36N4O2/c1-18(2)16-23(30)29-13-5-4-6-22(29)25-27-26-24(31-25)21-11-14-28(15-12-21)17-20-9-7-19(3)8-10-20/h7-10,18,21-22H,4-6,11-17H2,1-3H3/t22-/m1/s1. The van der Waals surface area contributed by atoms with Crippen molar-refractivity contribution in [2.24, 2.45) is 5.92 Å². The molecule has 1 amide bonds. The molecule has 6 heteroatoms. The number of piperidine rings is 2. The summed E-state index contributed by atoms with van der Waals surface area (Å²) in [6, 6.07) is 8.76. The Hall–Kier alpha value is -2.21. The third-order valence-electron chi connectivity index (χ3n) is 6.61. The van der Waals surface area contributed by atoms with Gasteiger partial charge in [0.15, 0.2) is 0 Å². The predicted molar refractivity (Wildman–Crippen MR) is 120 cm³/mol. The SMILES string of the molecule is Cc1ccc(CN2CCC(c3nnc([C@H]4CCCCN4C(=O)CC(C)C)o3)CC2)cc1. The molecule has 2 fully saturated rings. The van der Waals surface area contributed by atoms with Gasteiger partial charge in [0.1, 0.15) is 6.04 Å². The minimum absolute atomic E-state index is 0.0529. The van der Waals surface area contributed by atoms with Gasteiger partial charge in [-0.2, -0.15) is 0 Å². The number of likely N-dealkylation sites (tertiary alicyclic amines) is 2. The maximum absolute atomic E-state index is 12.7. The first kappa shape index (κ1) is 22.0. The number of benzene rings is 1. The van der Waals surface area contributed by atoms with E-state index in [4.69, 9.17) is 4.42 Å². The summed E-state index contributed by atoms with van der Waals surface area (Å²) in [4.78, 5) is 17.2. The van der Waals surface area contributed by atoms with Crippen molar-refractivity contribution in [3.8, 4) is 0 Å². The second-order valence-electron chi connectivity index (χ2n) is 9.71. The first-order chi connectivity index (χ1) is 15.0. The van der Waals surface area contributed by atoms with Gasteiger partial charge in [-0.25, -0.2) is 0 Å². The van der Waals surface area contributed by atoms with Gasteiger partial charge in [0.2, 0.25) is 17.7 Å². The monoisotopic (exact) mass is 424 g/mol. The molecular formula is C25H36N4O2. The molecule has 2 saturated heterocycles. The van der Waals surface area contributed by atoms with Crippen LogP contribution >= 0.6 is 0 Å². The van der Waals surface area contributed by atoms with E-state index >= 15 is 0 Å². The highest BCUT2D eigenvalue weighted by Gasteiger charge is 2.33. The fourth-order valence-electron chi connectivity index (χ4n) is 4.79. The largest absolute Gasteiger partial charge is 0.423 e. The fraction of sp³-hybridized carbons (Fsp3) is 0.640. The zero-order chi connectivity index (χ0) is 21.8. The molecule has 2 aromatic rings. The normalized spacial score (nSPS) is 21.0. The number of carbonyl (C=O) groups excluding carboxylic acids is 1. The van der Waals surface area contributed by atoms with Crippen LogP contribution in [0, 0.1) is 12.8 Å². The van der Waals surface area contributed by atoms with Gasteiger partial charge in [-0.15, -0.1) is 10.2 Å². The topological polar surface area (TPSA) is 62.5 Å². The van der Waals surface area contributed by atoms with Crippen molar-refractivity contribution in [3.05, 3.63) is 47.2 Å². The zero-order valence-electron chi connectivity index (χ0n) is 19.2. The van der Waals surface area contributed by atoms with Crippen LogP contribution in [0.3, 0.4) is 0 Å². The quantitative estimate of drug-likeness (QED) is 0.663. The number of amides is 1. The van der Waals surface area contributed by atoms with Crippen LogP contribution in [0.5, 0.6) is 0 Å². The summed E-state index contributed by atoms with van der Waals surface area (Å²) in [5.41, 5.74) is 2.67. The van der Waals surface area contributed by atoms with Crippen molar-refractivity contribution < 1.29 is 9.21 Å². The Morgan fingerprint density at radius 1 is 1.03 bits per heavy atom. The van der Waals surface area contributed by atoms with E-state index in [9.17, 15) is 4.79 Å². The van der Waals surface area contributed by atoms with Crippen LogP contribution in [-0.2, 0) is 11.3 Å². The van der Waals surface area contributed by atoms with Crippen molar-refractivity contribution in [1.82, 2.24) is 20.0 Å². The summed E-state index contributed by atoms with van der Waals surface area (Å²) in [5.74, 6) is 2.28. The Bertz CT molecular complexity index is 853. The van der Waals surface area contributed by atoms with Crippen molar-refractivity contribution >= 4 is 5.91 Å². The van der Waals surface area contributed by atoms with Gasteiger partial charge < -0.3 is 9.32 Å². The lowest BCUT2D eigenvalue weighted by molar-refractivity contribution is -0.136. The molecule has 1 atom stereocenters. The van der Waals surface area contributed by atoms with Gasteiger partial charge in [-0.3, -0.25) is 9.69 Å². The van der Waals surface area contributed by atoms with Crippen molar-refractivity contribution in [2.75, 3.05) is 19.6 Å². The molecule has 31 heavy (non-hydrogen) atoms. The van der Waals surface area contributed by atoms with Crippen molar-refractivity contribution in [2.45, 2.75) is 77.8 Å². The Labute approximate surface area is 186 Å². The zero-order valence-corrected chi connectivity index (χ0v) is 19.2. The molecule has 168 valence electrons. The van der Waals surface area contributed by atoms with E-state index in [0.29, 0.717) is 24.1 Å². The third-order valence-corrected chi connectivity index (χ3v) is 6.61. The van der Waals surface area contributed by atoms with Crippen LogP contribution < -0.4 is 0 Å². The lowest BCUT2D eigenvalue weighted by Gasteiger charge is -2.34. The molecule has 6 nitrogen and oxygen atoms in total. The predicted octanol–water partition coefficient (Wildman–Crippen LogP) is 4.86. The summed E-state index contributed by atoms with van der Waals surface area (Å²) in [7, 11) is 0. The van der Waals surface area contributed by atoms with E-state index in [1.807, 2.05) is 4.90 Å². The molecule has 2 aliphatic heterocycles. The number of aryl methyl sites for hydroxylation is 1. The summed E-state index contributed by atoms with van der Waals surface area (Å²) >= 11 is 0. The second-order valence-corrected chi connectivity index (χ2v) is 9.71. The number of hydrogen-bond donors (Lipinski definition) is 0. The molecular weight excluding hydrogens is 388 g/mol. The summed E-state index contributed by atoms with van der Waals surface area (Å²) in [5, 5.41) is 8.81. The smallest absolute Gasteiger partial charge is 0.238 e. The van der Waals surface area contributed by atoms with Crippen LogP contribution in [0.2, 0.25) is 0 Å². The summed E-state index contributed by atoms with van der Waals surface area (Å²) in [6.07, 6.45) is 5.73. The highest BCUT2D eigenvalue weighted by atomic mass is 16.4. The molecule has 4 rings (SSSR count). The Morgan fingerprint density at radius 3 is 2.45 bits per heavy atom. The molecule has 1 aromatic carbocycles. The maximum Gasteiger partial charge on any atom is 0.238 e. The molecule has 1 aromatic heterocycles. The van der Waals surface area contributed by atoms with Crippen LogP contribution in [0.1, 0.15) is 87.2 Å². The molecule has 0 radical (unpaired) electrons. The number of nitrogens with zero attached hydrogens (tertiary/aromatic N) is 4. The minimum Gasteiger partial charge on any atom is -0.423 e. The molecule has 0 bridgehead atoms. The highest BCUT2D eigenvalue weighted by molar-refractivity contribution is 5.76. The van der Waals surface area contributed by atoms with Gasteiger partial charge >= 0.3 is 0 Å². The first-order valence-corrected chi connectivity index (χ1v) is 11.9. The molecule has 0 aliphatic carbocycles. The van der Waals surface area contributed by atoms with Crippen molar-refractivity contribution in [3.63, 3.8) is 0 Å².